The molecule has 0 aliphatic rings. The maximum Gasteiger partial charge on any atom is 0.530 e. The van der Waals surface area contributed by atoms with Gasteiger partial charge in [-0.2, -0.15) is 0 Å². The summed E-state index contributed by atoms with van der Waals surface area (Å²) >= 11 is 0. The number of rotatable bonds is 10. The van der Waals surface area contributed by atoms with E-state index in [2.05, 4.69) is 35.3 Å². The van der Waals surface area contributed by atoms with Crippen LogP contribution in [0.1, 0.15) is 6.92 Å². The number of para-hydroxylation sites is 1. The van der Waals surface area contributed by atoms with Gasteiger partial charge in [-0.25, -0.2) is 18.9 Å². The Morgan fingerprint density at radius 1 is 1.21 bits per heavy atom. The maximum atomic E-state index is 12.3. The third-order valence-electron chi connectivity index (χ3n) is 3.56. The summed E-state index contributed by atoms with van der Waals surface area (Å²) in [6, 6.07) is 8.91. The molecule has 178 valence electrons. The number of carbonyl (C=O) groups is 2. The molecule has 2 aromatic rings. The zero-order valence-electron chi connectivity index (χ0n) is 17.9. The molecule has 0 radical (unpaired) electrons. The molecule has 1 heterocycles. The molecule has 0 spiro atoms. The highest BCUT2D eigenvalue weighted by Gasteiger charge is 2.29. The minimum atomic E-state index is -4.71. The first-order chi connectivity index (χ1) is 15.6. The van der Waals surface area contributed by atoms with Crippen molar-refractivity contribution in [2.45, 2.75) is 13.2 Å². The highest BCUT2D eigenvalue weighted by Crippen LogP contribution is 2.48. The monoisotopic (exact) mass is 482 g/mol. The molecule has 2 rings (SSSR count). The Morgan fingerprint density at radius 3 is 2.58 bits per heavy atom. The molecular weight excluding hydrogens is 459 g/mol. The number of ether oxygens (including phenoxy) is 2. The van der Waals surface area contributed by atoms with Crippen molar-refractivity contribution in [2.75, 3.05) is 31.8 Å². The summed E-state index contributed by atoms with van der Waals surface area (Å²) in [5.74, 6) is -0.215. The molecule has 14 nitrogen and oxygen atoms in total. The van der Waals surface area contributed by atoms with Gasteiger partial charge < -0.3 is 30.4 Å². The number of methoxy groups -OCH3 is 1. The van der Waals surface area contributed by atoms with Gasteiger partial charge in [0.25, 0.3) is 0 Å². The molecule has 1 aromatic heterocycles. The topological polar surface area (TPSA) is 196 Å². The van der Waals surface area contributed by atoms with Gasteiger partial charge in [-0.05, 0) is 38.2 Å². The Morgan fingerprint density at radius 2 is 1.91 bits per heavy atom. The van der Waals surface area contributed by atoms with Crippen LogP contribution in [0.3, 0.4) is 0 Å². The molecular formula is C18H23N6O8P. The van der Waals surface area contributed by atoms with Crippen LogP contribution in [0.5, 0.6) is 5.75 Å². The van der Waals surface area contributed by atoms with Crippen molar-refractivity contribution in [1.29, 1.82) is 0 Å². The highest BCUT2D eigenvalue weighted by atomic mass is 31.2. The minimum absolute atomic E-state index is 0.00986. The van der Waals surface area contributed by atoms with E-state index in [4.69, 9.17) is 14.8 Å². The Labute approximate surface area is 188 Å². The Kier molecular flexibility index (Phi) is 9.24. The molecule has 1 aromatic carbocycles. The second-order valence-corrected chi connectivity index (χ2v) is 7.48. The van der Waals surface area contributed by atoms with E-state index in [9.17, 15) is 19.0 Å². The van der Waals surface area contributed by atoms with Crippen molar-refractivity contribution in [3.05, 3.63) is 36.4 Å². The number of benzene rings is 1. The predicted octanol–water partition coefficient (Wildman–Crippen LogP) is 2.86. The lowest BCUT2D eigenvalue weighted by Crippen LogP contribution is -2.25. The largest absolute Gasteiger partial charge is 0.530 e. The molecule has 1 amide bonds. The van der Waals surface area contributed by atoms with Gasteiger partial charge in [-0.3, -0.25) is 9.69 Å². The number of nitrogens with zero attached hydrogens (tertiary/aromatic N) is 3. The van der Waals surface area contributed by atoms with Crippen molar-refractivity contribution < 1.29 is 37.6 Å². The third-order valence-corrected chi connectivity index (χ3v) is 4.55. The van der Waals surface area contributed by atoms with Crippen LogP contribution < -0.4 is 20.9 Å². The second-order valence-electron chi connectivity index (χ2n) is 6.15. The molecule has 0 aliphatic carbocycles. The number of aromatic nitrogens is 1. The summed E-state index contributed by atoms with van der Waals surface area (Å²) in [6.45, 7) is 1.31. The molecule has 2 atom stereocenters. The van der Waals surface area contributed by atoms with E-state index in [1.165, 1.54) is 37.3 Å². The lowest BCUT2D eigenvalue weighted by Gasteiger charge is -2.18. The molecule has 5 N–H and O–H groups in total. The summed E-state index contributed by atoms with van der Waals surface area (Å²) in [5, 5.41) is 13.2. The van der Waals surface area contributed by atoms with E-state index in [0.717, 1.165) is 7.11 Å². The lowest BCUT2D eigenvalue weighted by molar-refractivity contribution is -0.115. The molecule has 0 saturated heterocycles. The van der Waals surface area contributed by atoms with Crippen LogP contribution in [0.25, 0.3) is 0 Å². The molecule has 15 heteroatoms. The van der Waals surface area contributed by atoms with Crippen LogP contribution >= 0.6 is 7.82 Å². The van der Waals surface area contributed by atoms with Gasteiger partial charge in [0.2, 0.25) is 12.2 Å². The Balaban J connectivity index is 2.13. The standard InChI is InChI=1S/C18H23N6O8P/c1-11(30-18(26)29-3)31-33(27,28)32-14-7-5-4-6-12(14)23-24-13-8-9-15(22-17(13)19)21-16(25)10-20-2/h4-9,11,20H,10H2,1-3H3,(H,27,28)(H3,19,21,22,25). The average molecular weight is 482 g/mol. The van der Waals surface area contributed by atoms with Gasteiger partial charge in [0.05, 0.1) is 13.7 Å². The minimum Gasteiger partial charge on any atom is -0.438 e. The molecule has 0 bridgehead atoms. The normalized spacial score (nSPS) is 13.7. The number of pyridine rings is 1. The van der Waals surface area contributed by atoms with E-state index < -0.39 is 20.3 Å². The number of carbonyl (C=O) groups excluding carboxylic acids is 2. The fraction of sp³-hybridized carbons (Fsp3) is 0.278. The van der Waals surface area contributed by atoms with Crippen molar-refractivity contribution in [3.63, 3.8) is 0 Å². The first-order valence-electron chi connectivity index (χ1n) is 9.30. The average Bonchev–Trinajstić information content (AvgIpc) is 2.73. The van der Waals surface area contributed by atoms with Crippen LogP contribution in [0, 0.1) is 0 Å². The fourth-order valence-electron chi connectivity index (χ4n) is 2.23. The number of nitrogens with one attached hydrogen (secondary N) is 2. The van der Waals surface area contributed by atoms with Crippen molar-refractivity contribution >= 4 is 42.9 Å². The van der Waals surface area contributed by atoms with E-state index in [0.29, 0.717) is 0 Å². The quantitative estimate of drug-likeness (QED) is 0.168. The number of likely N-dealkylation sites (N-methyl/N-ethyl adjacent to an activating group) is 1. The molecule has 0 saturated carbocycles. The molecule has 0 fully saturated rings. The van der Waals surface area contributed by atoms with E-state index >= 15 is 0 Å². The Hall–Kier alpha value is -3.58. The summed E-state index contributed by atoms with van der Waals surface area (Å²) in [7, 11) is -2.01. The van der Waals surface area contributed by atoms with Gasteiger partial charge >= 0.3 is 14.0 Å². The van der Waals surface area contributed by atoms with Gasteiger partial charge in [-0.1, -0.05) is 12.1 Å². The summed E-state index contributed by atoms with van der Waals surface area (Å²) < 4.78 is 30.9. The molecule has 2 unspecified atom stereocenters. The summed E-state index contributed by atoms with van der Waals surface area (Å²) in [5.41, 5.74) is 6.11. The van der Waals surface area contributed by atoms with Crippen LogP contribution in [-0.4, -0.2) is 48.9 Å². The summed E-state index contributed by atoms with van der Waals surface area (Å²) in [6.07, 6.45) is -2.53. The summed E-state index contributed by atoms with van der Waals surface area (Å²) in [4.78, 5) is 36.7. The van der Waals surface area contributed by atoms with Gasteiger partial charge in [0, 0.05) is 0 Å². The van der Waals surface area contributed by atoms with Crippen molar-refractivity contribution in [3.8, 4) is 5.75 Å². The first-order valence-corrected chi connectivity index (χ1v) is 10.8. The predicted molar refractivity (Wildman–Crippen MR) is 116 cm³/mol. The van der Waals surface area contributed by atoms with Crippen LogP contribution in [-0.2, 0) is 23.4 Å². The lowest BCUT2D eigenvalue weighted by atomic mass is 10.3. The van der Waals surface area contributed by atoms with E-state index in [1.54, 1.807) is 13.1 Å². The number of phosphoric acid groups is 1. The number of azo groups is 1. The maximum absolute atomic E-state index is 12.3. The zero-order chi connectivity index (χ0) is 24.4. The van der Waals surface area contributed by atoms with Crippen molar-refractivity contribution in [1.82, 2.24) is 10.3 Å². The fourth-order valence-corrected chi connectivity index (χ4v) is 3.10. The number of hydrogen-bond donors (Lipinski definition) is 4. The number of phosphoric ester groups is 1. The molecule has 33 heavy (non-hydrogen) atoms. The number of hydrogen-bond acceptors (Lipinski definition) is 12. The Bertz CT molecular complexity index is 1070. The zero-order valence-corrected chi connectivity index (χ0v) is 18.8. The van der Waals surface area contributed by atoms with Gasteiger partial charge in [0.1, 0.15) is 17.2 Å². The highest BCUT2D eigenvalue weighted by molar-refractivity contribution is 7.47. The number of anilines is 2. The molecule has 0 aliphatic heterocycles. The number of nitrogen functional groups attached to an aromatic ring is 1. The van der Waals surface area contributed by atoms with E-state index in [1.807, 2.05) is 0 Å². The SMILES string of the molecule is CNCC(=O)Nc1ccc(N=Nc2ccccc2OP(=O)(O)OC(C)OC(=O)OC)c(N)n1. The first kappa shape index (κ1) is 25.7. The van der Waals surface area contributed by atoms with Crippen LogP contribution in [0.15, 0.2) is 46.6 Å². The number of amides is 1. The van der Waals surface area contributed by atoms with Crippen LogP contribution in [0.2, 0.25) is 0 Å². The number of nitrogens with two attached hydrogens (primary N) is 1. The smallest absolute Gasteiger partial charge is 0.438 e. The van der Waals surface area contributed by atoms with Crippen LogP contribution in [0.4, 0.5) is 27.8 Å². The third kappa shape index (κ3) is 8.46. The van der Waals surface area contributed by atoms with Gasteiger partial charge in [-0.15, -0.1) is 10.2 Å². The van der Waals surface area contributed by atoms with E-state index in [-0.39, 0.29) is 41.2 Å². The van der Waals surface area contributed by atoms with Crippen molar-refractivity contribution in [2.24, 2.45) is 10.2 Å². The van der Waals surface area contributed by atoms with Gasteiger partial charge in [0.15, 0.2) is 11.6 Å². The second kappa shape index (κ2) is 11.9.